The van der Waals surface area contributed by atoms with E-state index >= 15 is 0 Å². The molecule has 122 valence electrons. The minimum absolute atomic E-state index is 0. The van der Waals surface area contributed by atoms with Crippen molar-refractivity contribution in [3.05, 3.63) is 6.65 Å². The Labute approximate surface area is 115 Å². The van der Waals surface area contributed by atoms with Gasteiger partial charge in [0.15, 0.2) is 0 Å². The second kappa shape index (κ2) is 36.5. The molecule has 18 heteroatoms. The van der Waals surface area contributed by atoms with E-state index in [1.165, 1.54) is 0 Å². The predicted octanol–water partition coefficient (Wildman–Crippen LogP) is 7.38. The van der Waals surface area contributed by atoms with Crippen LogP contribution in [0.15, 0.2) is 0 Å². The Kier molecular flexibility index (Phi) is 70.8. The van der Waals surface area contributed by atoms with Gasteiger partial charge in [-0.25, -0.2) is 0 Å². The van der Waals surface area contributed by atoms with Gasteiger partial charge in [-0.05, 0) is 0 Å². The van der Waals surface area contributed by atoms with E-state index in [4.69, 9.17) is 4.65 Å². The van der Waals surface area contributed by atoms with Crippen LogP contribution >= 0.6 is 35.4 Å². The molecule has 0 spiro atoms. The van der Waals surface area contributed by atoms with Crippen LogP contribution < -0.4 is 0 Å². The molecule has 0 aliphatic rings. The predicted molar refractivity (Wildman–Crippen MR) is 50.5 cm³/mol. The van der Waals surface area contributed by atoms with E-state index in [9.17, 15) is 50.4 Å². The van der Waals surface area contributed by atoms with Crippen LogP contribution in [0.3, 0.4) is 0 Å². The first kappa shape index (κ1) is 36.9. The minimum Gasteiger partial charge on any atom is 0 e. The van der Waals surface area contributed by atoms with Gasteiger partial charge in [0.2, 0.25) is 0 Å². The Hall–Kier alpha value is 1.14. The molecule has 0 rings (SSSR count). The Morgan fingerprint density at radius 1 is 0.421 bits per heavy atom. The maximum atomic E-state index is 9.77. The van der Waals surface area contributed by atoms with Gasteiger partial charge in [0.25, 0.3) is 0 Å². The molecular formula is CH4F12FeOP4+4. The maximum absolute atomic E-state index is 9.77. The SMILES string of the molecule is F[PH+](F)F.F[PH+](F)F.F[PH+](F)F.F[PH+](F)F.[C-]#[O+].[Fe]. The largest absolute Gasteiger partial charge is 0 e. The molecule has 1 nitrogen and oxygen atoms in total. The van der Waals surface area contributed by atoms with Crippen molar-refractivity contribution < 1.29 is 72.1 Å². The molecule has 0 aliphatic heterocycles. The van der Waals surface area contributed by atoms with Gasteiger partial charge < -0.3 is 0 Å². The summed E-state index contributed by atoms with van der Waals surface area (Å²) in [5.74, 6) is 0. The summed E-state index contributed by atoms with van der Waals surface area (Å²) in [7, 11) is -17.5. The molecule has 0 aromatic carbocycles. The molecule has 0 radical (unpaired) electrons. The standard InChI is InChI=1S/CO.4F3HP.Fe/c1-2;4*1-4(2)3;/h;4*4H;/q;4*+1;. The fourth-order valence-electron chi connectivity index (χ4n) is 0. The smallest absolute Gasteiger partial charge is 0 e. The molecule has 0 bridgehead atoms. The van der Waals surface area contributed by atoms with Crippen molar-refractivity contribution in [2.45, 2.75) is 0 Å². The molecule has 0 fully saturated rings. The Balaban J connectivity index is -0.0000000279. The molecule has 0 heterocycles. The zero-order chi connectivity index (χ0) is 16.3. The molecule has 0 aromatic heterocycles. The van der Waals surface area contributed by atoms with Crippen molar-refractivity contribution in [1.82, 2.24) is 0 Å². The third-order valence-corrected chi connectivity index (χ3v) is 0. The van der Waals surface area contributed by atoms with Crippen molar-refractivity contribution in [2.24, 2.45) is 0 Å². The van der Waals surface area contributed by atoms with Gasteiger partial charge in [0.1, 0.15) is 0 Å². The molecule has 0 unspecified atom stereocenters. The maximum Gasteiger partial charge on any atom is 0 e. The third-order valence-electron chi connectivity index (χ3n) is 0. The van der Waals surface area contributed by atoms with Gasteiger partial charge in [0, 0.05) is 67.4 Å². The summed E-state index contributed by atoms with van der Waals surface area (Å²) in [4.78, 5) is 0. The average molecular weight is 440 g/mol. The zero-order valence-electron chi connectivity index (χ0n) is 7.80. The quantitative estimate of drug-likeness (QED) is 0.123. The molecule has 0 aromatic rings. The van der Waals surface area contributed by atoms with Gasteiger partial charge in [-0.3, -0.25) is 0 Å². The Morgan fingerprint density at radius 3 is 0.421 bits per heavy atom. The number of rotatable bonds is 0. The first-order valence-electron chi connectivity index (χ1n) is 2.47. The summed E-state index contributed by atoms with van der Waals surface area (Å²) >= 11 is 0. The summed E-state index contributed by atoms with van der Waals surface area (Å²) in [6.07, 6.45) is 0. The number of halogens is 12. The third kappa shape index (κ3) is 4330. The van der Waals surface area contributed by atoms with Gasteiger partial charge in [-0.1, -0.05) is 0 Å². The van der Waals surface area contributed by atoms with Crippen molar-refractivity contribution in [3.8, 4) is 0 Å². The van der Waals surface area contributed by atoms with Gasteiger partial charge >= 0.3 is 46.7 Å². The average Bonchev–Trinajstić information content (AvgIpc) is 2.01. The summed E-state index contributed by atoms with van der Waals surface area (Å²) in [5.41, 5.74) is 0. The van der Waals surface area contributed by atoms with Crippen molar-refractivity contribution in [1.29, 1.82) is 0 Å². The van der Waals surface area contributed by atoms with Crippen LogP contribution in [0.4, 0.5) is 50.4 Å². The van der Waals surface area contributed by atoms with E-state index in [0.717, 1.165) is 0 Å². The minimum atomic E-state index is -4.38. The van der Waals surface area contributed by atoms with Crippen LogP contribution in [0.5, 0.6) is 0 Å². The van der Waals surface area contributed by atoms with Crippen LogP contribution in [-0.2, 0) is 21.7 Å². The van der Waals surface area contributed by atoms with Gasteiger partial charge in [-0.15, -0.1) is 0 Å². The molecule has 0 N–H and O–H groups in total. The normalized spacial score (nSPS) is 7.68. The van der Waals surface area contributed by atoms with E-state index < -0.39 is 35.4 Å². The summed E-state index contributed by atoms with van der Waals surface area (Å²) in [6, 6.07) is 0. The molecular weight excluding hydrogens is 436 g/mol. The first-order valence-corrected chi connectivity index (χ1v) is 7.01. The number of hydrogen-bond donors (Lipinski definition) is 0. The second-order valence-electron chi connectivity index (χ2n) is 0.857. The van der Waals surface area contributed by atoms with E-state index in [-0.39, 0.29) is 17.1 Å². The number of hydrogen-bond acceptors (Lipinski definition) is 0. The van der Waals surface area contributed by atoms with Crippen LogP contribution in [-0.4, -0.2) is 0 Å². The fraction of sp³-hybridized carbons (Fsp3) is 0. The topological polar surface area (TPSA) is 19.9 Å². The monoisotopic (exact) mass is 440 g/mol. The molecule has 0 atom stereocenters. The fourth-order valence-corrected chi connectivity index (χ4v) is 0. The molecule has 0 saturated heterocycles. The van der Waals surface area contributed by atoms with Crippen LogP contribution in [0.1, 0.15) is 0 Å². The summed E-state index contributed by atoms with van der Waals surface area (Å²) in [6.45, 7) is 4.50. The second-order valence-corrected chi connectivity index (χ2v) is 2.57. The molecule has 0 amide bonds. The van der Waals surface area contributed by atoms with Crippen molar-refractivity contribution >= 4 is 35.4 Å². The summed E-state index contributed by atoms with van der Waals surface area (Å²) in [5, 5.41) is 0. The molecule has 0 aliphatic carbocycles. The van der Waals surface area contributed by atoms with Crippen LogP contribution in [0.2, 0.25) is 0 Å². The van der Waals surface area contributed by atoms with Crippen molar-refractivity contribution in [3.63, 3.8) is 0 Å². The Bertz CT molecular complexity index is 99.1. The zero-order valence-corrected chi connectivity index (χ0v) is 12.9. The first-order chi connectivity index (χ1) is 7.93. The Morgan fingerprint density at radius 2 is 0.421 bits per heavy atom. The van der Waals surface area contributed by atoms with E-state index in [1.807, 2.05) is 0 Å². The van der Waals surface area contributed by atoms with Gasteiger partial charge in [-0.2, -0.15) is 0 Å². The van der Waals surface area contributed by atoms with Crippen LogP contribution in [0.25, 0.3) is 0 Å². The van der Waals surface area contributed by atoms with Crippen LogP contribution in [0, 0.1) is 6.65 Å². The van der Waals surface area contributed by atoms with Crippen molar-refractivity contribution in [2.75, 3.05) is 0 Å². The molecule has 19 heavy (non-hydrogen) atoms. The van der Waals surface area contributed by atoms with Gasteiger partial charge in [0.05, 0.1) is 0 Å². The molecule has 0 saturated carbocycles. The van der Waals surface area contributed by atoms with E-state index in [2.05, 4.69) is 6.65 Å². The van der Waals surface area contributed by atoms with E-state index in [1.54, 1.807) is 0 Å². The van der Waals surface area contributed by atoms with E-state index in [0.29, 0.717) is 0 Å². The summed E-state index contributed by atoms with van der Waals surface area (Å²) < 4.78 is 125.